The van der Waals surface area contributed by atoms with Crippen LogP contribution in [0.2, 0.25) is 0 Å². The first-order valence-electron chi connectivity index (χ1n) is 2.34. The molecule has 0 aromatic rings. The Balaban J connectivity index is 0. The predicted octanol–water partition coefficient (Wildman–Crippen LogP) is -0.683. The first-order valence-corrected chi connectivity index (χ1v) is 2.34. The van der Waals surface area contributed by atoms with E-state index in [0.29, 0.717) is 6.42 Å². The van der Waals surface area contributed by atoms with Gasteiger partial charge in [0.1, 0.15) is 0 Å². The Morgan fingerprint density at radius 3 is 1.91 bits per heavy atom. The number of carbonyl (C=O) groups is 3. The number of carbonyl (C=O) groups excluding carboxylic acids is 1. The van der Waals surface area contributed by atoms with Crippen LogP contribution in [0.25, 0.3) is 0 Å². The zero-order valence-electron chi connectivity index (χ0n) is 5.21. The van der Waals surface area contributed by atoms with Crippen molar-refractivity contribution in [2.24, 2.45) is 0 Å². The number of carboxylic acids is 2. The van der Waals surface area contributed by atoms with E-state index < -0.39 is 24.1 Å². The minimum absolute atomic E-state index is 0. The second kappa shape index (κ2) is 5.96. The third-order valence-electron chi connectivity index (χ3n) is 0.610. The van der Waals surface area contributed by atoms with Gasteiger partial charge in [-0.1, -0.05) is 0 Å². The maximum absolute atomic E-state index is 10.2. The molecule has 0 bridgehead atoms. The molecule has 0 aliphatic carbocycles. The zero-order chi connectivity index (χ0) is 8.15. The van der Waals surface area contributed by atoms with E-state index in [1.807, 2.05) is 0 Å². The number of aliphatic carboxylic acids is 2. The van der Waals surface area contributed by atoms with Gasteiger partial charge in [-0.3, -0.25) is 9.59 Å². The molecule has 2 N–H and O–H groups in total. The van der Waals surface area contributed by atoms with Crippen molar-refractivity contribution < 1.29 is 47.0 Å². The molecule has 11 heavy (non-hydrogen) atoms. The molecule has 0 amide bonds. The maximum atomic E-state index is 10.2. The van der Waals surface area contributed by atoms with Gasteiger partial charge in [0, 0.05) is 5.78 Å². The van der Waals surface area contributed by atoms with Crippen molar-refractivity contribution >= 4 is 17.7 Å². The standard InChI is InChI=1S/C5H5O5.Ag/c6-3(1-4(7)8)2-5(9)10;/h1H,2H2,(H,7,8)(H,9,10);/q-1;+1. The molecule has 6 heteroatoms. The number of hydrogen-bond donors (Lipinski definition) is 2. The summed E-state index contributed by atoms with van der Waals surface area (Å²) in [5.41, 5.74) is 0. The molecule has 0 unspecified atom stereocenters. The molecule has 0 aliphatic rings. The molecule has 0 heterocycles. The van der Waals surface area contributed by atoms with Crippen LogP contribution in [0.4, 0.5) is 0 Å². The molecule has 5 nitrogen and oxygen atoms in total. The number of hydrogen-bond acceptors (Lipinski definition) is 3. The normalized spacial score (nSPS) is 7.64. The fourth-order valence-electron chi connectivity index (χ4n) is 0.338. The maximum Gasteiger partial charge on any atom is 1.00 e. The van der Waals surface area contributed by atoms with Gasteiger partial charge < -0.3 is 15.0 Å². The molecule has 0 aromatic heterocycles. The monoisotopic (exact) mass is 252 g/mol. The van der Waals surface area contributed by atoms with Gasteiger partial charge in [0.15, 0.2) is 5.97 Å². The van der Waals surface area contributed by atoms with Crippen molar-refractivity contribution in [3.63, 3.8) is 0 Å². The van der Waals surface area contributed by atoms with Crippen molar-refractivity contribution in [3.05, 3.63) is 6.42 Å². The summed E-state index contributed by atoms with van der Waals surface area (Å²) in [5.74, 6) is -3.67. The summed E-state index contributed by atoms with van der Waals surface area (Å²) in [6.45, 7) is 0. The Hall–Kier alpha value is -0.780. The number of Topliss-reactive ketones (excluding diaryl/α,β-unsaturated/α-hetero) is 1. The molecule has 66 valence electrons. The van der Waals surface area contributed by atoms with Crippen LogP contribution in [0.3, 0.4) is 0 Å². The van der Waals surface area contributed by atoms with Crippen LogP contribution in [-0.2, 0) is 36.8 Å². The fourth-order valence-corrected chi connectivity index (χ4v) is 0.338. The molecule has 0 rings (SSSR count). The fraction of sp³-hybridized carbons (Fsp3) is 0.200. The van der Waals surface area contributed by atoms with Gasteiger partial charge in [0.2, 0.25) is 0 Å². The Kier molecular flexibility index (Phi) is 6.97. The topological polar surface area (TPSA) is 91.7 Å². The van der Waals surface area contributed by atoms with Crippen molar-refractivity contribution in [2.75, 3.05) is 0 Å². The minimum Gasteiger partial charge on any atom is -0.503 e. The van der Waals surface area contributed by atoms with Crippen molar-refractivity contribution in [1.29, 1.82) is 0 Å². The van der Waals surface area contributed by atoms with E-state index in [1.54, 1.807) is 0 Å². The van der Waals surface area contributed by atoms with Crippen LogP contribution in [-0.4, -0.2) is 27.9 Å². The Bertz CT molecular complexity index is 158. The summed E-state index contributed by atoms with van der Waals surface area (Å²) in [5, 5.41) is 15.9. The number of rotatable bonds is 4. The number of carboxylic acid groups (broad SMARTS) is 2. The summed E-state index contributed by atoms with van der Waals surface area (Å²) in [6, 6.07) is 0. The van der Waals surface area contributed by atoms with Crippen LogP contribution >= 0.6 is 0 Å². The molecule has 0 saturated carbocycles. The predicted molar refractivity (Wildman–Crippen MR) is 29.2 cm³/mol. The average Bonchev–Trinajstić information content (AvgIpc) is 1.58. The SMILES string of the molecule is O=C(O)[CH-]C(=O)CC(=O)O.[Ag+]. The van der Waals surface area contributed by atoms with Gasteiger partial charge in [0.05, 0.1) is 6.42 Å². The molecule has 0 saturated heterocycles. The summed E-state index contributed by atoms with van der Waals surface area (Å²) in [4.78, 5) is 29.7. The largest absolute Gasteiger partial charge is 1.00 e. The molecule has 0 spiro atoms. The molecular weight excluding hydrogens is 248 g/mol. The Morgan fingerprint density at radius 1 is 1.18 bits per heavy atom. The van der Waals surface area contributed by atoms with Crippen molar-refractivity contribution in [1.82, 2.24) is 0 Å². The molecule has 0 radical (unpaired) electrons. The molecule has 0 atom stereocenters. The van der Waals surface area contributed by atoms with Crippen molar-refractivity contribution in [3.8, 4) is 0 Å². The molecule has 0 aromatic carbocycles. The Morgan fingerprint density at radius 2 is 1.64 bits per heavy atom. The summed E-state index contributed by atoms with van der Waals surface area (Å²) in [6.07, 6.45) is -0.444. The van der Waals surface area contributed by atoms with Gasteiger partial charge in [-0.2, -0.15) is 0 Å². The van der Waals surface area contributed by atoms with E-state index in [9.17, 15) is 14.4 Å². The Labute approximate surface area is 77.9 Å². The van der Waals surface area contributed by atoms with E-state index in [2.05, 4.69) is 0 Å². The van der Waals surface area contributed by atoms with Gasteiger partial charge in [-0.05, 0) is 0 Å². The zero-order valence-corrected chi connectivity index (χ0v) is 6.69. The summed E-state index contributed by atoms with van der Waals surface area (Å²) >= 11 is 0. The third kappa shape index (κ3) is 9.22. The van der Waals surface area contributed by atoms with Gasteiger partial charge >= 0.3 is 28.3 Å². The molecular formula is C5H5AgO5. The van der Waals surface area contributed by atoms with E-state index in [4.69, 9.17) is 10.2 Å². The van der Waals surface area contributed by atoms with E-state index >= 15 is 0 Å². The summed E-state index contributed by atoms with van der Waals surface area (Å²) in [7, 11) is 0. The first kappa shape index (κ1) is 12.9. The smallest absolute Gasteiger partial charge is 0.503 e. The van der Waals surface area contributed by atoms with Crippen LogP contribution in [0.1, 0.15) is 6.42 Å². The minimum atomic E-state index is -1.42. The average molecular weight is 253 g/mol. The van der Waals surface area contributed by atoms with E-state index in [0.717, 1.165) is 0 Å². The third-order valence-corrected chi connectivity index (χ3v) is 0.610. The van der Waals surface area contributed by atoms with Gasteiger partial charge in [0.25, 0.3) is 0 Å². The van der Waals surface area contributed by atoms with Crippen LogP contribution in [0, 0.1) is 6.42 Å². The van der Waals surface area contributed by atoms with Crippen LogP contribution < -0.4 is 0 Å². The first-order chi connectivity index (χ1) is 4.52. The van der Waals surface area contributed by atoms with Gasteiger partial charge in [-0.15, -0.1) is 0 Å². The second-order valence-electron chi connectivity index (χ2n) is 1.52. The van der Waals surface area contributed by atoms with Crippen LogP contribution in [0.15, 0.2) is 0 Å². The van der Waals surface area contributed by atoms with Gasteiger partial charge in [-0.25, -0.2) is 6.42 Å². The second-order valence-corrected chi connectivity index (χ2v) is 1.52. The van der Waals surface area contributed by atoms with E-state index in [-0.39, 0.29) is 22.4 Å². The summed E-state index contributed by atoms with van der Waals surface area (Å²) < 4.78 is 0. The van der Waals surface area contributed by atoms with Crippen LogP contribution in [0.5, 0.6) is 0 Å². The molecule has 0 fully saturated rings. The van der Waals surface area contributed by atoms with Crippen molar-refractivity contribution in [2.45, 2.75) is 6.42 Å². The number of ketones is 1. The van der Waals surface area contributed by atoms with E-state index in [1.165, 1.54) is 0 Å². The molecule has 0 aliphatic heterocycles. The quantitative estimate of drug-likeness (QED) is 0.393.